The van der Waals surface area contributed by atoms with Crippen molar-refractivity contribution < 1.29 is 0 Å². The summed E-state index contributed by atoms with van der Waals surface area (Å²) in [6, 6.07) is 56.7. The van der Waals surface area contributed by atoms with Gasteiger partial charge in [-0.25, -0.2) is 0 Å². The number of nitrogens with zero attached hydrogens (tertiary/aromatic N) is 3. The largest absolute Gasteiger partial charge is 0.309 e. The molecule has 0 fully saturated rings. The van der Waals surface area contributed by atoms with E-state index in [1.165, 1.54) is 44.1 Å². The lowest BCUT2D eigenvalue weighted by Gasteiger charge is -2.11. The molecule has 6 aromatic carbocycles. The van der Waals surface area contributed by atoms with E-state index in [1.54, 1.807) is 0 Å². The highest BCUT2D eigenvalue weighted by Crippen LogP contribution is 2.39. The zero-order valence-corrected chi connectivity index (χ0v) is 24.9. The van der Waals surface area contributed by atoms with Crippen LogP contribution < -0.4 is 0 Å². The van der Waals surface area contributed by atoms with Gasteiger partial charge in [0.15, 0.2) is 0 Å². The summed E-state index contributed by atoms with van der Waals surface area (Å²) in [7, 11) is 0. The molecule has 0 saturated carbocycles. The van der Waals surface area contributed by atoms with Gasteiger partial charge < -0.3 is 9.13 Å². The van der Waals surface area contributed by atoms with Gasteiger partial charge in [0.05, 0.1) is 27.6 Å². The third-order valence-electron chi connectivity index (χ3n) is 8.98. The fourth-order valence-corrected chi connectivity index (χ4v) is 6.88. The van der Waals surface area contributed by atoms with E-state index in [0.717, 1.165) is 39.0 Å². The summed E-state index contributed by atoms with van der Waals surface area (Å²) in [5.41, 5.74) is 13.8. The van der Waals surface area contributed by atoms with Crippen molar-refractivity contribution in [2.24, 2.45) is 0 Å². The van der Waals surface area contributed by atoms with Gasteiger partial charge in [-0.3, -0.25) is 4.98 Å². The number of pyridine rings is 1. The molecule has 0 amide bonds. The second kappa shape index (κ2) is 10.1. The lowest BCUT2D eigenvalue weighted by molar-refractivity contribution is 1.16. The molecule has 0 atom stereocenters. The van der Waals surface area contributed by atoms with Crippen LogP contribution in [0.25, 0.3) is 77.4 Å². The van der Waals surface area contributed by atoms with Crippen LogP contribution in [-0.2, 0) is 0 Å². The fraction of sp³-hybridized carbons (Fsp3) is 0.0238. The van der Waals surface area contributed by atoms with Crippen LogP contribution in [0.2, 0.25) is 0 Å². The smallest absolute Gasteiger partial charge is 0.0967 e. The molecule has 3 nitrogen and oxygen atoms in total. The molecule has 3 heteroatoms. The first-order chi connectivity index (χ1) is 22.2. The minimum atomic E-state index is 1.01. The molecule has 0 radical (unpaired) electrons. The number of benzene rings is 6. The van der Waals surface area contributed by atoms with Gasteiger partial charge in [0.1, 0.15) is 0 Å². The van der Waals surface area contributed by atoms with E-state index in [4.69, 9.17) is 4.98 Å². The summed E-state index contributed by atoms with van der Waals surface area (Å²) < 4.78 is 4.74. The average molecular weight is 576 g/mol. The first kappa shape index (κ1) is 25.6. The van der Waals surface area contributed by atoms with Gasteiger partial charge in [-0.15, -0.1) is 0 Å². The van der Waals surface area contributed by atoms with Crippen LogP contribution in [0.15, 0.2) is 158 Å². The lowest BCUT2D eigenvalue weighted by atomic mass is 10.0. The summed E-state index contributed by atoms with van der Waals surface area (Å²) in [6.07, 6.45) is 0. The molecule has 9 rings (SSSR count). The van der Waals surface area contributed by atoms with E-state index in [2.05, 4.69) is 174 Å². The van der Waals surface area contributed by atoms with E-state index < -0.39 is 0 Å². The maximum absolute atomic E-state index is 5.06. The van der Waals surface area contributed by atoms with Gasteiger partial charge in [-0.2, -0.15) is 0 Å². The minimum Gasteiger partial charge on any atom is -0.309 e. The Morgan fingerprint density at radius 3 is 1.47 bits per heavy atom. The Kier molecular flexibility index (Phi) is 5.72. The Morgan fingerprint density at radius 2 is 0.867 bits per heavy atom. The third kappa shape index (κ3) is 4.09. The van der Waals surface area contributed by atoms with Crippen LogP contribution in [0, 0.1) is 6.92 Å². The van der Waals surface area contributed by atoms with Gasteiger partial charge in [-0.05, 0) is 95.9 Å². The predicted molar refractivity (Wildman–Crippen MR) is 189 cm³/mol. The fourth-order valence-electron chi connectivity index (χ4n) is 6.88. The van der Waals surface area contributed by atoms with E-state index in [1.807, 2.05) is 0 Å². The van der Waals surface area contributed by atoms with Gasteiger partial charge in [0, 0.05) is 33.2 Å². The number of hydrogen-bond acceptors (Lipinski definition) is 1. The molecule has 9 aromatic rings. The molecule has 3 heterocycles. The Balaban J connectivity index is 1.33. The number of hydrogen-bond donors (Lipinski definition) is 0. The normalized spacial score (nSPS) is 11.7. The van der Waals surface area contributed by atoms with Crippen molar-refractivity contribution in [3.05, 3.63) is 163 Å². The van der Waals surface area contributed by atoms with Crippen molar-refractivity contribution in [2.75, 3.05) is 0 Å². The Labute approximate surface area is 261 Å². The maximum Gasteiger partial charge on any atom is 0.0967 e. The quantitative estimate of drug-likeness (QED) is 0.205. The Morgan fingerprint density at radius 1 is 0.378 bits per heavy atom. The summed E-state index contributed by atoms with van der Waals surface area (Å²) in [5.74, 6) is 0. The molecule has 0 bridgehead atoms. The monoisotopic (exact) mass is 575 g/mol. The number of rotatable bonds is 4. The van der Waals surface area contributed by atoms with E-state index >= 15 is 0 Å². The molecule has 3 aromatic heterocycles. The first-order valence-corrected chi connectivity index (χ1v) is 15.4. The van der Waals surface area contributed by atoms with Crippen molar-refractivity contribution >= 4 is 43.7 Å². The van der Waals surface area contributed by atoms with Crippen molar-refractivity contribution in [3.63, 3.8) is 0 Å². The van der Waals surface area contributed by atoms with Crippen LogP contribution >= 0.6 is 0 Å². The van der Waals surface area contributed by atoms with Crippen LogP contribution in [0.4, 0.5) is 0 Å². The van der Waals surface area contributed by atoms with Crippen LogP contribution in [0.3, 0.4) is 0 Å². The number of aryl methyl sites for hydroxylation is 1. The average Bonchev–Trinajstić information content (AvgIpc) is 3.60. The topological polar surface area (TPSA) is 22.8 Å². The second-order valence-corrected chi connectivity index (χ2v) is 11.7. The highest BCUT2D eigenvalue weighted by molar-refractivity contribution is 6.13. The number of aromatic nitrogens is 3. The molecule has 0 spiro atoms. The number of fused-ring (bicyclic) bond motifs is 6. The maximum atomic E-state index is 5.06. The van der Waals surface area contributed by atoms with Gasteiger partial charge in [0.25, 0.3) is 0 Å². The predicted octanol–water partition coefficient (Wildman–Crippen LogP) is 10.9. The van der Waals surface area contributed by atoms with E-state index in [9.17, 15) is 0 Å². The molecule has 0 saturated heterocycles. The molecule has 0 aliphatic carbocycles. The molecule has 0 unspecified atom stereocenters. The zero-order chi connectivity index (χ0) is 29.9. The summed E-state index contributed by atoms with van der Waals surface area (Å²) in [6.45, 7) is 2.07. The lowest BCUT2D eigenvalue weighted by Crippen LogP contribution is -1.95. The third-order valence-corrected chi connectivity index (χ3v) is 8.98. The first-order valence-electron chi connectivity index (χ1n) is 15.4. The van der Waals surface area contributed by atoms with Gasteiger partial charge in [-0.1, -0.05) is 91.0 Å². The van der Waals surface area contributed by atoms with Crippen LogP contribution in [0.5, 0.6) is 0 Å². The molecular weight excluding hydrogens is 546 g/mol. The summed E-state index contributed by atoms with van der Waals surface area (Å²) >= 11 is 0. The van der Waals surface area contributed by atoms with E-state index in [-0.39, 0.29) is 0 Å². The van der Waals surface area contributed by atoms with E-state index in [0.29, 0.717) is 0 Å². The highest BCUT2D eigenvalue weighted by Gasteiger charge is 2.18. The highest BCUT2D eigenvalue weighted by atomic mass is 15.0. The van der Waals surface area contributed by atoms with Gasteiger partial charge >= 0.3 is 0 Å². The Hall–Kier alpha value is -5.93. The molecule has 0 aliphatic heterocycles. The summed E-state index contributed by atoms with van der Waals surface area (Å²) in [5, 5.41) is 3.63. The van der Waals surface area contributed by atoms with Crippen molar-refractivity contribution in [3.8, 4) is 33.6 Å². The zero-order valence-electron chi connectivity index (χ0n) is 24.9. The number of para-hydroxylation sites is 1. The molecule has 45 heavy (non-hydrogen) atoms. The molecule has 0 aliphatic rings. The van der Waals surface area contributed by atoms with Crippen molar-refractivity contribution in [2.45, 2.75) is 6.92 Å². The van der Waals surface area contributed by atoms with Crippen LogP contribution in [-0.4, -0.2) is 14.1 Å². The molecular formula is C42H29N3. The standard InChI is InChI=1S/C42H29N3/c1-28-17-21-41-42(43-28)37-27-34(20-24-40(37)44(41)33-15-9-4-10-16-33)45-38-22-18-31(29-11-5-2-6-12-29)25-35(38)36-26-32(19-23-39(36)45)30-13-7-3-8-14-30/h2-27H,1H3. The van der Waals surface area contributed by atoms with Crippen LogP contribution in [0.1, 0.15) is 5.69 Å². The Bertz CT molecular complexity index is 2430. The van der Waals surface area contributed by atoms with Crippen molar-refractivity contribution in [1.29, 1.82) is 0 Å². The van der Waals surface area contributed by atoms with Crippen molar-refractivity contribution in [1.82, 2.24) is 14.1 Å². The molecule has 212 valence electrons. The second-order valence-electron chi connectivity index (χ2n) is 11.7. The SMILES string of the molecule is Cc1ccc2c(n1)c1cc(-n3c4ccc(-c5ccccc5)cc4c4cc(-c5ccccc5)ccc43)ccc1n2-c1ccccc1. The van der Waals surface area contributed by atoms with Gasteiger partial charge in [0.2, 0.25) is 0 Å². The summed E-state index contributed by atoms with van der Waals surface area (Å²) in [4.78, 5) is 5.06. The molecule has 0 N–H and O–H groups in total. The minimum absolute atomic E-state index is 1.01.